The van der Waals surface area contributed by atoms with E-state index in [4.69, 9.17) is 10.00 Å². The fraction of sp³-hybridized carbons (Fsp3) is 0.875. The van der Waals surface area contributed by atoms with Crippen LogP contribution < -0.4 is 5.32 Å². The fourth-order valence-corrected chi connectivity index (χ4v) is 2.45. The summed E-state index contributed by atoms with van der Waals surface area (Å²) in [6.07, 6.45) is 3.88. The SMILES string of the molecule is CCCNC(=O)C1COCCN1CCCCC(C)(C)C#N. The number of hydrogen-bond donors (Lipinski definition) is 1. The van der Waals surface area contributed by atoms with Crippen molar-refractivity contribution in [1.82, 2.24) is 10.2 Å². The first-order chi connectivity index (χ1) is 10.00. The van der Waals surface area contributed by atoms with E-state index >= 15 is 0 Å². The van der Waals surface area contributed by atoms with Crippen LogP contribution in [0.4, 0.5) is 0 Å². The fourth-order valence-electron chi connectivity index (χ4n) is 2.45. The van der Waals surface area contributed by atoms with Crippen LogP contribution in [-0.4, -0.2) is 49.7 Å². The molecule has 1 rings (SSSR count). The molecule has 0 aliphatic carbocycles. The third kappa shape index (κ3) is 6.45. The van der Waals surface area contributed by atoms with Crippen LogP contribution in [0.15, 0.2) is 0 Å². The van der Waals surface area contributed by atoms with E-state index in [1.165, 1.54) is 0 Å². The van der Waals surface area contributed by atoms with Crippen molar-refractivity contribution in [2.45, 2.75) is 52.5 Å². The number of ether oxygens (including phenoxy) is 1. The lowest BCUT2D eigenvalue weighted by atomic mass is 9.89. The third-order valence-corrected chi connectivity index (χ3v) is 3.89. The van der Waals surface area contributed by atoms with E-state index in [9.17, 15) is 4.79 Å². The third-order valence-electron chi connectivity index (χ3n) is 3.89. The molecular formula is C16H29N3O2. The Morgan fingerprint density at radius 1 is 1.48 bits per heavy atom. The molecule has 1 heterocycles. The van der Waals surface area contributed by atoms with Crippen molar-refractivity contribution >= 4 is 5.91 Å². The number of carbonyl (C=O) groups is 1. The molecule has 1 aliphatic rings. The molecule has 0 bridgehead atoms. The molecule has 5 heteroatoms. The normalized spacial score (nSPS) is 20.0. The van der Waals surface area contributed by atoms with Gasteiger partial charge >= 0.3 is 0 Å². The molecule has 1 unspecified atom stereocenters. The molecule has 1 fully saturated rings. The zero-order chi connectivity index (χ0) is 15.7. The number of carbonyl (C=O) groups excluding carboxylic acids is 1. The van der Waals surface area contributed by atoms with Crippen molar-refractivity contribution < 1.29 is 9.53 Å². The molecule has 1 N–H and O–H groups in total. The van der Waals surface area contributed by atoms with E-state index in [1.807, 2.05) is 20.8 Å². The Morgan fingerprint density at radius 3 is 2.90 bits per heavy atom. The van der Waals surface area contributed by atoms with Gasteiger partial charge in [-0.2, -0.15) is 5.26 Å². The van der Waals surface area contributed by atoms with Crippen molar-refractivity contribution in [1.29, 1.82) is 5.26 Å². The molecule has 1 atom stereocenters. The van der Waals surface area contributed by atoms with Crippen LogP contribution in [0.5, 0.6) is 0 Å². The molecule has 1 amide bonds. The molecule has 0 radical (unpaired) electrons. The van der Waals surface area contributed by atoms with Crippen molar-refractivity contribution in [2.24, 2.45) is 5.41 Å². The zero-order valence-electron chi connectivity index (χ0n) is 13.7. The van der Waals surface area contributed by atoms with Crippen molar-refractivity contribution in [2.75, 3.05) is 32.8 Å². The second kappa shape index (κ2) is 9.01. The molecule has 21 heavy (non-hydrogen) atoms. The van der Waals surface area contributed by atoms with E-state index in [-0.39, 0.29) is 17.4 Å². The number of unbranched alkanes of at least 4 members (excludes halogenated alkanes) is 1. The minimum atomic E-state index is -0.247. The molecule has 0 aromatic heterocycles. The van der Waals surface area contributed by atoms with Gasteiger partial charge in [0.1, 0.15) is 6.04 Å². The van der Waals surface area contributed by atoms with Crippen molar-refractivity contribution in [3.8, 4) is 6.07 Å². The Kier molecular flexibility index (Phi) is 7.69. The highest BCUT2D eigenvalue weighted by atomic mass is 16.5. The van der Waals surface area contributed by atoms with Gasteiger partial charge in [0.15, 0.2) is 0 Å². The molecular weight excluding hydrogens is 266 g/mol. The lowest BCUT2D eigenvalue weighted by Gasteiger charge is -2.34. The summed E-state index contributed by atoms with van der Waals surface area (Å²) in [6.45, 7) is 9.61. The standard InChI is InChI=1S/C16H29N3O2/c1-4-8-18-15(20)14-12-21-11-10-19(14)9-6-5-7-16(2,3)13-17/h14H,4-12H2,1-3H3,(H,18,20). The predicted molar refractivity (Wildman–Crippen MR) is 82.7 cm³/mol. The largest absolute Gasteiger partial charge is 0.378 e. The monoisotopic (exact) mass is 295 g/mol. The summed E-state index contributed by atoms with van der Waals surface area (Å²) >= 11 is 0. The lowest BCUT2D eigenvalue weighted by molar-refractivity contribution is -0.132. The van der Waals surface area contributed by atoms with Gasteiger partial charge in [-0.15, -0.1) is 0 Å². The van der Waals surface area contributed by atoms with Crippen molar-refractivity contribution in [3.05, 3.63) is 0 Å². The van der Waals surface area contributed by atoms with Gasteiger partial charge in [0, 0.05) is 13.1 Å². The Morgan fingerprint density at radius 2 is 2.24 bits per heavy atom. The average molecular weight is 295 g/mol. The number of amides is 1. The first-order valence-electron chi connectivity index (χ1n) is 8.01. The van der Waals surface area contributed by atoms with E-state index in [2.05, 4.69) is 16.3 Å². The first kappa shape index (κ1) is 17.9. The average Bonchev–Trinajstić information content (AvgIpc) is 2.49. The number of nitrogens with one attached hydrogen (secondary N) is 1. The van der Waals surface area contributed by atoms with E-state index in [0.717, 1.165) is 45.3 Å². The summed E-state index contributed by atoms with van der Waals surface area (Å²) in [5.41, 5.74) is -0.247. The maximum absolute atomic E-state index is 12.1. The van der Waals surface area contributed by atoms with Crippen LogP contribution in [0.3, 0.4) is 0 Å². The van der Waals surface area contributed by atoms with Crippen LogP contribution in [0.25, 0.3) is 0 Å². The van der Waals surface area contributed by atoms with Crippen LogP contribution in [0.2, 0.25) is 0 Å². The Bertz CT molecular complexity index is 363. The summed E-state index contributed by atoms with van der Waals surface area (Å²) < 4.78 is 5.45. The molecule has 0 saturated carbocycles. The molecule has 120 valence electrons. The highest BCUT2D eigenvalue weighted by molar-refractivity contribution is 5.81. The highest BCUT2D eigenvalue weighted by Gasteiger charge is 2.28. The molecule has 1 saturated heterocycles. The Hall–Kier alpha value is -1.12. The van der Waals surface area contributed by atoms with E-state index < -0.39 is 0 Å². The second-order valence-electron chi connectivity index (χ2n) is 6.37. The van der Waals surface area contributed by atoms with Gasteiger partial charge in [-0.25, -0.2) is 0 Å². The van der Waals surface area contributed by atoms with E-state index in [0.29, 0.717) is 13.2 Å². The van der Waals surface area contributed by atoms with Gasteiger partial charge < -0.3 is 10.1 Å². The molecule has 0 aromatic rings. The Balaban J connectivity index is 2.36. The van der Waals surface area contributed by atoms with Gasteiger partial charge in [-0.1, -0.05) is 13.3 Å². The predicted octanol–water partition coefficient (Wildman–Crippen LogP) is 1.93. The topological polar surface area (TPSA) is 65.4 Å². The quantitative estimate of drug-likeness (QED) is 0.695. The zero-order valence-corrected chi connectivity index (χ0v) is 13.7. The summed E-state index contributed by atoms with van der Waals surface area (Å²) in [5.74, 6) is 0.0777. The molecule has 1 aliphatic heterocycles. The summed E-state index contributed by atoms with van der Waals surface area (Å²) in [4.78, 5) is 14.3. The van der Waals surface area contributed by atoms with Crippen LogP contribution >= 0.6 is 0 Å². The number of morpholine rings is 1. The van der Waals surface area contributed by atoms with Gasteiger partial charge in [-0.05, 0) is 39.7 Å². The number of rotatable bonds is 8. The lowest BCUT2D eigenvalue weighted by Crippen LogP contribution is -2.54. The molecule has 0 spiro atoms. The maximum atomic E-state index is 12.1. The van der Waals surface area contributed by atoms with Gasteiger partial charge in [-0.3, -0.25) is 9.69 Å². The first-order valence-corrected chi connectivity index (χ1v) is 8.01. The van der Waals surface area contributed by atoms with Gasteiger partial charge in [0.25, 0.3) is 0 Å². The maximum Gasteiger partial charge on any atom is 0.239 e. The summed E-state index contributed by atoms with van der Waals surface area (Å²) in [6, 6.07) is 2.17. The summed E-state index contributed by atoms with van der Waals surface area (Å²) in [5, 5.41) is 12.0. The minimum absolute atomic E-state index is 0.0777. The molecule has 0 aromatic carbocycles. The number of nitriles is 1. The number of nitrogens with zero attached hydrogens (tertiary/aromatic N) is 2. The van der Waals surface area contributed by atoms with Crippen LogP contribution in [0, 0.1) is 16.7 Å². The highest BCUT2D eigenvalue weighted by Crippen LogP contribution is 2.22. The van der Waals surface area contributed by atoms with Crippen LogP contribution in [0.1, 0.15) is 46.5 Å². The minimum Gasteiger partial charge on any atom is -0.378 e. The van der Waals surface area contributed by atoms with Crippen molar-refractivity contribution in [3.63, 3.8) is 0 Å². The smallest absolute Gasteiger partial charge is 0.239 e. The van der Waals surface area contributed by atoms with Gasteiger partial charge in [0.05, 0.1) is 24.7 Å². The van der Waals surface area contributed by atoms with Crippen LogP contribution in [-0.2, 0) is 9.53 Å². The Labute approximate surface area is 128 Å². The van der Waals surface area contributed by atoms with E-state index in [1.54, 1.807) is 0 Å². The second-order valence-corrected chi connectivity index (χ2v) is 6.37. The summed E-state index contributed by atoms with van der Waals surface area (Å²) in [7, 11) is 0. The van der Waals surface area contributed by atoms with Gasteiger partial charge in [0.2, 0.25) is 5.91 Å². The number of hydrogen-bond acceptors (Lipinski definition) is 4. The molecule has 5 nitrogen and oxygen atoms in total.